The van der Waals surface area contributed by atoms with E-state index in [4.69, 9.17) is 4.74 Å². The Bertz CT molecular complexity index is 525. The molecule has 0 fully saturated rings. The van der Waals surface area contributed by atoms with Gasteiger partial charge in [0.1, 0.15) is 0 Å². The van der Waals surface area contributed by atoms with Gasteiger partial charge >= 0.3 is 10.2 Å². The van der Waals surface area contributed by atoms with Crippen molar-refractivity contribution in [2.24, 2.45) is 4.40 Å². The summed E-state index contributed by atoms with van der Waals surface area (Å²) in [5.74, 6) is -0.231. The van der Waals surface area contributed by atoms with Crippen LogP contribution >= 0.6 is 0 Å². The maximum atomic E-state index is 12.3. The fraction of sp³-hybridized carbons (Fsp3) is 0.667. The number of nitrogens with zero attached hydrogens (tertiary/aromatic N) is 3. The van der Waals surface area contributed by atoms with Gasteiger partial charge in [-0.1, -0.05) is 0 Å². The Morgan fingerprint density at radius 3 is 2.70 bits per heavy atom. The summed E-state index contributed by atoms with van der Waals surface area (Å²) in [6.45, 7) is 2.77. The number of carbonyl (C=O) groups excluding carboxylic acids is 1. The zero-order valence-electron chi connectivity index (χ0n) is 12.3. The van der Waals surface area contributed by atoms with Crippen LogP contribution in [0.15, 0.2) is 16.2 Å². The average molecular weight is 303 g/mol. The van der Waals surface area contributed by atoms with Crippen LogP contribution in [0.25, 0.3) is 0 Å². The monoisotopic (exact) mass is 303 g/mol. The predicted octanol–water partition coefficient (Wildman–Crippen LogP) is 0.406. The molecule has 0 unspecified atom stereocenters. The van der Waals surface area contributed by atoms with Crippen LogP contribution in [0.5, 0.6) is 0 Å². The molecule has 20 heavy (non-hydrogen) atoms. The normalized spacial score (nSPS) is 17.5. The Kier molecular flexibility index (Phi) is 5.70. The molecule has 1 rings (SSSR count). The van der Waals surface area contributed by atoms with Crippen molar-refractivity contribution >= 4 is 21.8 Å². The van der Waals surface area contributed by atoms with Gasteiger partial charge in [0.25, 0.3) is 5.91 Å². The van der Waals surface area contributed by atoms with Crippen LogP contribution in [-0.4, -0.2) is 63.6 Å². The molecule has 114 valence electrons. The minimum atomic E-state index is -3.67. The number of amides is 1. The Hall–Kier alpha value is -1.41. The molecule has 1 amide bonds. The van der Waals surface area contributed by atoms with Crippen LogP contribution in [0.3, 0.4) is 0 Å². The van der Waals surface area contributed by atoms with Gasteiger partial charge in [-0.05, 0) is 19.8 Å². The van der Waals surface area contributed by atoms with E-state index in [9.17, 15) is 13.2 Å². The molecule has 0 bridgehead atoms. The summed E-state index contributed by atoms with van der Waals surface area (Å²) in [5, 5.41) is 0. The van der Waals surface area contributed by atoms with Crippen LogP contribution in [0.1, 0.15) is 19.8 Å². The van der Waals surface area contributed by atoms with Crippen LogP contribution in [0, 0.1) is 0 Å². The molecule has 1 aliphatic heterocycles. The van der Waals surface area contributed by atoms with Crippen molar-refractivity contribution in [1.29, 1.82) is 0 Å². The summed E-state index contributed by atoms with van der Waals surface area (Å²) >= 11 is 0. The third-order valence-electron chi connectivity index (χ3n) is 2.99. The highest BCUT2D eigenvalue weighted by atomic mass is 32.2. The summed E-state index contributed by atoms with van der Waals surface area (Å²) in [4.78, 5) is 13.8. The first kappa shape index (κ1) is 16.6. The minimum Gasteiger partial charge on any atom is -0.385 e. The third kappa shape index (κ3) is 4.04. The van der Waals surface area contributed by atoms with E-state index in [1.54, 1.807) is 19.1 Å². The van der Waals surface area contributed by atoms with Crippen molar-refractivity contribution in [2.75, 3.05) is 34.4 Å². The quantitative estimate of drug-likeness (QED) is 0.666. The second kappa shape index (κ2) is 6.85. The van der Waals surface area contributed by atoms with E-state index < -0.39 is 10.2 Å². The maximum absolute atomic E-state index is 12.3. The number of rotatable bonds is 6. The van der Waals surface area contributed by atoms with Crippen LogP contribution in [0.2, 0.25) is 0 Å². The lowest BCUT2D eigenvalue weighted by Crippen LogP contribution is -2.35. The highest BCUT2D eigenvalue weighted by Gasteiger charge is 2.26. The topological polar surface area (TPSA) is 79.3 Å². The summed E-state index contributed by atoms with van der Waals surface area (Å²) in [5.41, 5.74) is 0.522. The molecule has 0 spiro atoms. The highest BCUT2D eigenvalue weighted by Crippen LogP contribution is 2.16. The molecule has 0 atom stereocenters. The number of hydrogen-bond donors (Lipinski definition) is 0. The number of hydrogen-bond acceptors (Lipinski definition) is 4. The molecule has 0 aromatic rings. The summed E-state index contributed by atoms with van der Waals surface area (Å²) in [6, 6.07) is 0. The summed E-state index contributed by atoms with van der Waals surface area (Å²) in [7, 11) is 1.01. The predicted molar refractivity (Wildman–Crippen MR) is 76.6 cm³/mol. The van der Waals surface area contributed by atoms with Gasteiger partial charge in [0.2, 0.25) is 0 Å². The Morgan fingerprint density at radius 2 is 2.10 bits per heavy atom. The van der Waals surface area contributed by atoms with Crippen molar-refractivity contribution in [1.82, 2.24) is 9.21 Å². The first-order chi connectivity index (χ1) is 9.29. The highest BCUT2D eigenvalue weighted by molar-refractivity contribution is 7.88. The first-order valence-electron chi connectivity index (χ1n) is 6.30. The van der Waals surface area contributed by atoms with Gasteiger partial charge in [-0.15, -0.1) is 4.40 Å². The Labute approximate surface area is 120 Å². The number of ether oxygens (including phenoxy) is 1. The molecular formula is C12H21N3O4S. The van der Waals surface area contributed by atoms with Crippen molar-refractivity contribution in [3.05, 3.63) is 11.8 Å². The number of unbranched alkanes of at least 4 members (excludes halogenated alkanes) is 1. The fourth-order valence-electron chi connectivity index (χ4n) is 1.74. The van der Waals surface area contributed by atoms with E-state index in [2.05, 4.69) is 4.40 Å². The molecule has 0 radical (unpaired) electrons. The average Bonchev–Trinajstić information content (AvgIpc) is 2.37. The summed E-state index contributed by atoms with van der Waals surface area (Å²) in [6.07, 6.45) is 3.01. The molecule has 1 aliphatic rings. The van der Waals surface area contributed by atoms with Gasteiger partial charge in [0.05, 0.1) is 11.3 Å². The minimum absolute atomic E-state index is 0.219. The second-order valence-corrected chi connectivity index (χ2v) is 6.29. The van der Waals surface area contributed by atoms with E-state index in [-0.39, 0.29) is 11.6 Å². The van der Waals surface area contributed by atoms with E-state index in [1.807, 2.05) is 0 Å². The van der Waals surface area contributed by atoms with Gasteiger partial charge < -0.3 is 9.64 Å². The van der Waals surface area contributed by atoms with Crippen molar-refractivity contribution in [3.8, 4) is 0 Å². The smallest absolute Gasteiger partial charge is 0.344 e. The van der Waals surface area contributed by atoms with E-state index in [0.29, 0.717) is 18.7 Å². The molecule has 0 aromatic carbocycles. The standard InChI is InChI=1S/C12H21N3O4S/c1-10-11(9-15(3)20(17,18)13-10)12(16)14(2)7-5-6-8-19-4/h9H,5-8H2,1-4H3. The van der Waals surface area contributed by atoms with Crippen molar-refractivity contribution < 1.29 is 17.9 Å². The van der Waals surface area contributed by atoms with Crippen LogP contribution in [0.4, 0.5) is 0 Å². The molecule has 1 heterocycles. The number of likely N-dealkylation sites (N-methyl/N-ethyl adjacent to an activating group) is 1. The number of carbonyl (C=O) groups is 1. The van der Waals surface area contributed by atoms with Gasteiger partial charge in [-0.25, -0.2) is 0 Å². The fourth-order valence-corrected chi connectivity index (χ4v) is 2.55. The van der Waals surface area contributed by atoms with Crippen LogP contribution < -0.4 is 0 Å². The van der Waals surface area contributed by atoms with Gasteiger partial charge in [-0.3, -0.25) is 9.10 Å². The lowest BCUT2D eigenvalue weighted by molar-refractivity contribution is -0.125. The molecule has 0 saturated carbocycles. The Balaban J connectivity index is 2.70. The number of methoxy groups -OCH3 is 1. The Morgan fingerprint density at radius 1 is 1.45 bits per heavy atom. The zero-order valence-corrected chi connectivity index (χ0v) is 13.1. The van der Waals surface area contributed by atoms with Crippen molar-refractivity contribution in [3.63, 3.8) is 0 Å². The lowest BCUT2D eigenvalue weighted by Gasteiger charge is -2.23. The first-order valence-corrected chi connectivity index (χ1v) is 7.70. The molecular weight excluding hydrogens is 282 g/mol. The van der Waals surface area contributed by atoms with E-state index in [1.165, 1.54) is 20.2 Å². The third-order valence-corrected chi connectivity index (χ3v) is 4.32. The zero-order chi connectivity index (χ0) is 15.3. The van der Waals surface area contributed by atoms with Crippen molar-refractivity contribution in [2.45, 2.75) is 19.8 Å². The molecule has 0 aromatic heterocycles. The van der Waals surface area contributed by atoms with Gasteiger partial charge in [0.15, 0.2) is 0 Å². The second-order valence-electron chi connectivity index (χ2n) is 4.64. The molecule has 8 heteroatoms. The SMILES string of the molecule is COCCCCN(C)C(=O)C1=CN(C)S(=O)(=O)N=C1C. The lowest BCUT2D eigenvalue weighted by atomic mass is 10.1. The largest absolute Gasteiger partial charge is 0.385 e. The maximum Gasteiger partial charge on any atom is 0.344 e. The van der Waals surface area contributed by atoms with Gasteiger partial charge in [0, 0.05) is 40.6 Å². The van der Waals surface area contributed by atoms with Crippen LogP contribution in [-0.2, 0) is 19.7 Å². The molecule has 0 N–H and O–H groups in total. The molecule has 0 aliphatic carbocycles. The molecule has 0 saturated heterocycles. The van der Waals surface area contributed by atoms with E-state index >= 15 is 0 Å². The van der Waals surface area contributed by atoms with Gasteiger partial charge in [-0.2, -0.15) is 8.42 Å². The van der Waals surface area contributed by atoms with E-state index in [0.717, 1.165) is 17.1 Å². The molecule has 7 nitrogen and oxygen atoms in total. The summed E-state index contributed by atoms with van der Waals surface area (Å²) < 4.78 is 32.5.